The van der Waals surface area contributed by atoms with Gasteiger partial charge in [0.05, 0.1) is 48.7 Å². The highest BCUT2D eigenvalue weighted by atomic mass is 16.5. The minimum Gasteiger partial charge on any atom is -0.496 e. The van der Waals surface area contributed by atoms with Crippen molar-refractivity contribution in [3.05, 3.63) is 64.5 Å². The van der Waals surface area contributed by atoms with Gasteiger partial charge in [0.25, 0.3) is 5.56 Å². The molecule has 0 amide bonds. The molecular formula is C16H12N4O2. The first kappa shape index (κ1) is 13.8. The largest absolute Gasteiger partial charge is 0.496 e. The number of hydrogen-bond acceptors (Lipinski definition) is 5. The molecule has 0 unspecified atom stereocenters. The number of pyridine rings is 1. The van der Waals surface area contributed by atoms with E-state index in [0.29, 0.717) is 22.2 Å². The quantitative estimate of drug-likeness (QED) is 0.734. The molecule has 3 aromatic rings. The Morgan fingerprint density at radius 1 is 1.36 bits per heavy atom. The van der Waals surface area contributed by atoms with Crippen LogP contribution in [-0.2, 0) is 6.54 Å². The zero-order chi connectivity index (χ0) is 15.5. The number of aromatic nitrogens is 3. The highest BCUT2D eigenvalue weighted by molar-refractivity contribution is 5.75. The molecule has 0 spiro atoms. The van der Waals surface area contributed by atoms with Crippen LogP contribution in [0.15, 0.2) is 47.8 Å². The number of benzene rings is 1. The predicted molar refractivity (Wildman–Crippen MR) is 80.6 cm³/mol. The Morgan fingerprint density at radius 3 is 3.00 bits per heavy atom. The fourth-order valence-corrected chi connectivity index (χ4v) is 2.28. The van der Waals surface area contributed by atoms with Gasteiger partial charge in [-0.05, 0) is 24.3 Å². The topological polar surface area (TPSA) is 80.8 Å². The maximum Gasteiger partial charge on any atom is 0.261 e. The summed E-state index contributed by atoms with van der Waals surface area (Å²) < 4.78 is 6.78. The number of nitriles is 1. The van der Waals surface area contributed by atoms with Crippen LogP contribution in [0.1, 0.15) is 11.1 Å². The van der Waals surface area contributed by atoms with Crippen LogP contribution in [-0.4, -0.2) is 21.6 Å². The fraction of sp³-hybridized carbons (Fsp3) is 0.125. The van der Waals surface area contributed by atoms with Crippen molar-refractivity contribution in [1.82, 2.24) is 14.5 Å². The summed E-state index contributed by atoms with van der Waals surface area (Å²) in [4.78, 5) is 20.7. The van der Waals surface area contributed by atoms with Gasteiger partial charge in [-0.25, -0.2) is 4.98 Å². The highest BCUT2D eigenvalue weighted by Crippen LogP contribution is 2.20. The maximum absolute atomic E-state index is 12.5. The maximum atomic E-state index is 12.5. The Morgan fingerprint density at radius 2 is 2.23 bits per heavy atom. The van der Waals surface area contributed by atoms with Gasteiger partial charge in [0.2, 0.25) is 0 Å². The van der Waals surface area contributed by atoms with Gasteiger partial charge in [-0.15, -0.1) is 0 Å². The molecule has 6 nitrogen and oxygen atoms in total. The van der Waals surface area contributed by atoms with Crippen LogP contribution in [0.3, 0.4) is 0 Å². The summed E-state index contributed by atoms with van der Waals surface area (Å²) in [6, 6.07) is 8.83. The Labute approximate surface area is 126 Å². The number of rotatable bonds is 3. The molecule has 0 aliphatic carbocycles. The van der Waals surface area contributed by atoms with Crippen molar-refractivity contribution in [3.8, 4) is 11.8 Å². The van der Waals surface area contributed by atoms with Gasteiger partial charge in [-0.1, -0.05) is 0 Å². The zero-order valence-electron chi connectivity index (χ0n) is 11.9. The molecule has 1 aromatic carbocycles. The predicted octanol–water partition coefficient (Wildman–Crippen LogP) is 1.72. The molecule has 0 saturated carbocycles. The third-order valence-corrected chi connectivity index (χ3v) is 3.38. The average Bonchev–Trinajstić information content (AvgIpc) is 2.57. The Kier molecular flexibility index (Phi) is 3.54. The average molecular weight is 292 g/mol. The van der Waals surface area contributed by atoms with Crippen molar-refractivity contribution in [2.75, 3.05) is 7.11 Å². The number of fused-ring (bicyclic) bond motifs is 1. The summed E-state index contributed by atoms with van der Waals surface area (Å²) in [7, 11) is 1.55. The molecule has 0 atom stereocenters. The minimum absolute atomic E-state index is 0.156. The number of ether oxygens (including phenoxy) is 1. The van der Waals surface area contributed by atoms with E-state index in [4.69, 9.17) is 10.00 Å². The van der Waals surface area contributed by atoms with Crippen molar-refractivity contribution in [2.24, 2.45) is 0 Å². The summed E-state index contributed by atoms with van der Waals surface area (Å²) in [5, 5.41) is 9.52. The standard InChI is InChI=1S/C16H12N4O2/c1-22-15-3-2-11(7-17)6-12(15)9-20-10-19-14-8-18-5-4-13(14)16(20)21/h2-6,8,10H,9H2,1H3. The van der Waals surface area contributed by atoms with Crippen LogP contribution >= 0.6 is 0 Å². The second-order valence-corrected chi connectivity index (χ2v) is 4.71. The molecule has 0 aliphatic heterocycles. The lowest BCUT2D eigenvalue weighted by molar-refractivity contribution is 0.408. The SMILES string of the molecule is COc1ccc(C#N)cc1Cn1cnc2cnccc2c1=O. The van der Waals surface area contributed by atoms with Crippen LogP contribution in [0.5, 0.6) is 5.75 Å². The van der Waals surface area contributed by atoms with Crippen LogP contribution in [0.25, 0.3) is 10.9 Å². The van der Waals surface area contributed by atoms with Crippen molar-refractivity contribution < 1.29 is 4.74 Å². The van der Waals surface area contributed by atoms with Crippen molar-refractivity contribution in [2.45, 2.75) is 6.54 Å². The zero-order valence-corrected chi connectivity index (χ0v) is 11.9. The fourth-order valence-electron chi connectivity index (χ4n) is 2.28. The van der Waals surface area contributed by atoms with Crippen LogP contribution < -0.4 is 10.3 Å². The van der Waals surface area contributed by atoms with Crippen LogP contribution in [0.2, 0.25) is 0 Å². The lowest BCUT2D eigenvalue weighted by atomic mass is 10.1. The summed E-state index contributed by atoms with van der Waals surface area (Å²) in [6.45, 7) is 0.281. The lowest BCUT2D eigenvalue weighted by Crippen LogP contribution is -2.21. The van der Waals surface area contributed by atoms with E-state index in [0.717, 1.165) is 5.56 Å². The summed E-state index contributed by atoms with van der Waals surface area (Å²) in [5.74, 6) is 0.626. The molecule has 6 heteroatoms. The Hall–Kier alpha value is -3.20. The van der Waals surface area contributed by atoms with E-state index >= 15 is 0 Å². The molecule has 0 saturated heterocycles. The molecule has 0 aliphatic rings. The molecule has 2 heterocycles. The van der Waals surface area contributed by atoms with E-state index in [1.807, 2.05) is 0 Å². The summed E-state index contributed by atoms with van der Waals surface area (Å²) >= 11 is 0. The van der Waals surface area contributed by atoms with E-state index in [2.05, 4.69) is 16.0 Å². The number of methoxy groups -OCH3 is 1. The molecule has 22 heavy (non-hydrogen) atoms. The smallest absolute Gasteiger partial charge is 0.261 e. The third kappa shape index (κ3) is 2.40. The van der Waals surface area contributed by atoms with Gasteiger partial charge in [0.1, 0.15) is 5.75 Å². The second-order valence-electron chi connectivity index (χ2n) is 4.71. The minimum atomic E-state index is -0.156. The molecule has 0 N–H and O–H groups in total. The normalized spacial score (nSPS) is 10.4. The Balaban J connectivity index is 2.09. The summed E-state index contributed by atoms with van der Waals surface area (Å²) in [5.41, 5.74) is 1.67. The Bertz CT molecular complexity index is 941. The van der Waals surface area contributed by atoms with Crippen molar-refractivity contribution >= 4 is 10.9 Å². The molecule has 3 rings (SSSR count). The van der Waals surface area contributed by atoms with Crippen LogP contribution in [0, 0.1) is 11.3 Å². The monoisotopic (exact) mass is 292 g/mol. The molecule has 0 bridgehead atoms. The number of hydrogen-bond donors (Lipinski definition) is 0. The van der Waals surface area contributed by atoms with E-state index in [1.54, 1.807) is 43.8 Å². The molecule has 0 radical (unpaired) electrons. The highest BCUT2D eigenvalue weighted by Gasteiger charge is 2.09. The van der Waals surface area contributed by atoms with E-state index < -0.39 is 0 Å². The third-order valence-electron chi connectivity index (χ3n) is 3.38. The van der Waals surface area contributed by atoms with Gasteiger partial charge in [0.15, 0.2) is 0 Å². The van der Waals surface area contributed by atoms with Gasteiger partial charge in [-0.3, -0.25) is 14.3 Å². The molecular weight excluding hydrogens is 280 g/mol. The summed E-state index contributed by atoms with van der Waals surface area (Å²) in [6.07, 6.45) is 4.59. The molecule has 2 aromatic heterocycles. The van der Waals surface area contributed by atoms with Crippen molar-refractivity contribution in [1.29, 1.82) is 5.26 Å². The van der Waals surface area contributed by atoms with E-state index in [-0.39, 0.29) is 12.1 Å². The second kappa shape index (κ2) is 5.66. The first-order chi connectivity index (χ1) is 10.7. The van der Waals surface area contributed by atoms with Gasteiger partial charge in [0, 0.05) is 11.8 Å². The van der Waals surface area contributed by atoms with E-state index in [9.17, 15) is 4.79 Å². The van der Waals surface area contributed by atoms with Crippen LogP contribution in [0.4, 0.5) is 0 Å². The molecule has 108 valence electrons. The first-order valence-corrected chi connectivity index (χ1v) is 6.59. The molecule has 0 fully saturated rings. The van der Waals surface area contributed by atoms with E-state index in [1.165, 1.54) is 10.9 Å². The van der Waals surface area contributed by atoms with Gasteiger partial charge < -0.3 is 4.74 Å². The van der Waals surface area contributed by atoms with Gasteiger partial charge in [-0.2, -0.15) is 5.26 Å². The first-order valence-electron chi connectivity index (χ1n) is 6.59. The number of nitrogens with zero attached hydrogens (tertiary/aromatic N) is 4. The van der Waals surface area contributed by atoms with Gasteiger partial charge >= 0.3 is 0 Å². The lowest BCUT2D eigenvalue weighted by Gasteiger charge is -2.11. The van der Waals surface area contributed by atoms with Crippen molar-refractivity contribution in [3.63, 3.8) is 0 Å².